The summed E-state index contributed by atoms with van der Waals surface area (Å²) in [4.78, 5) is 31.7. The van der Waals surface area contributed by atoms with Crippen molar-refractivity contribution >= 4 is 28.6 Å². The molecule has 0 aliphatic carbocycles. The van der Waals surface area contributed by atoms with E-state index in [-0.39, 0.29) is 55.4 Å². The van der Waals surface area contributed by atoms with Gasteiger partial charge in [-0.25, -0.2) is 8.78 Å². The van der Waals surface area contributed by atoms with Crippen LogP contribution in [0.25, 0.3) is 22.0 Å². The van der Waals surface area contributed by atoms with Crippen LogP contribution in [0, 0.1) is 18.6 Å². The van der Waals surface area contributed by atoms with Gasteiger partial charge in [0.2, 0.25) is 5.91 Å². The lowest BCUT2D eigenvalue weighted by molar-refractivity contribution is -0.138. The maximum atomic E-state index is 15.4. The quantitative estimate of drug-likeness (QED) is 0.0940. The molecule has 1 aromatic heterocycles. The number of aromatic nitrogens is 1. The molecule has 0 unspecified atom stereocenters. The summed E-state index contributed by atoms with van der Waals surface area (Å²) in [5, 5.41) is -1.97. The lowest BCUT2D eigenvalue weighted by atomic mass is 9.98. The van der Waals surface area contributed by atoms with Crippen LogP contribution in [-0.2, 0) is 34.5 Å². The zero-order valence-electron chi connectivity index (χ0n) is 47.6. The molecule has 1 amide bonds. The minimum atomic E-state index is -5.21. The third-order valence-corrected chi connectivity index (χ3v) is 9.24. The first-order valence-electron chi connectivity index (χ1n) is 25.8. The molecule has 1 saturated heterocycles. The van der Waals surface area contributed by atoms with Crippen LogP contribution in [0.5, 0.6) is 0 Å². The van der Waals surface area contributed by atoms with Crippen LogP contribution in [0.15, 0.2) is 100 Å². The Kier molecular flexibility index (Phi) is 6.36. The number of hydrogen-bond donors (Lipinski definition) is 0. The summed E-state index contributed by atoms with van der Waals surface area (Å²) in [6.45, 7) is -4.17. The van der Waals surface area contributed by atoms with E-state index in [0.717, 1.165) is 11.8 Å². The van der Waals surface area contributed by atoms with Crippen LogP contribution < -0.4 is 5.43 Å². The number of methoxy groups -OCH3 is 1. The highest BCUT2D eigenvalue weighted by Gasteiger charge is 2.32. The second kappa shape index (κ2) is 16.7. The van der Waals surface area contributed by atoms with Gasteiger partial charge >= 0.3 is 6.18 Å². The van der Waals surface area contributed by atoms with E-state index in [9.17, 15) is 25.1 Å². The molecular formula is C41H40F5N3O3S. The van der Waals surface area contributed by atoms with Crippen molar-refractivity contribution in [2.75, 3.05) is 33.3 Å². The number of piperidine rings is 1. The fraction of sp³-hybridized carbons (Fsp3) is 0.317. The summed E-state index contributed by atoms with van der Waals surface area (Å²) in [5.74, 6) is -6.37. The van der Waals surface area contributed by atoms with Crippen LogP contribution >= 0.6 is 11.8 Å². The minimum Gasteiger partial charge on any atom is -0.383 e. The number of hydrogen-bond acceptors (Lipinski definition) is 5. The van der Waals surface area contributed by atoms with Crippen LogP contribution in [0.3, 0.4) is 0 Å². The van der Waals surface area contributed by atoms with Gasteiger partial charge in [0.1, 0.15) is 6.50 Å². The first-order valence-corrected chi connectivity index (χ1v) is 16.8. The summed E-state index contributed by atoms with van der Waals surface area (Å²) in [7, 11) is -2.74. The summed E-state index contributed by atoms with van der Waals surface area (Å²) < 4.78 is 246. The summed E-state index contributed by atoms with van der Waals surface area (Å²) in [5.41, 5.74) is -8.30. The van der Waals surface area contributed by atoms with Crippen LogP contribution in [-0.4, -0.2) is 59.6 Å². The zero-order valence-corrected chi connectivity index (χ0v) is 28.4. The van der Waals surface area contributed by atoms with Crippen LogP contribution in [0.2, 0.25) is 0 Å². The van der Waals surface area contributed by atoms with Crippen molar-refractivity contribution in [1.82, 2.24) is 14.4 Å². The highest BCUT2D eigenvalue weighted by atomic mass is 32.2. The number of alkyl halides is 3. The summed E-state index contributed by atoms with van der Waals surface area (Å²) >= 11 is 0.118. The number of carbonyl (C=O) groups excluding carboxylic acids is 1. The molecule has 0 radical (unpaired) electrons. The Morgan fingerprint density at radius 2 is 1.74 bits per heavy atom. The van der Waals surface area contributed by atoms with E-state index in [1.807, 2.05) is 0 Å². The lowest BCUT2D eigenvalue weighted by Gasteiger charge is -2.39. The molecule has 0 saturated carbocycles. The molecule has 0 N–H and O–H groups in total. The molecule has 278 valence electrons. The third kappa shape index (κ3) is 9.00. The maximum Gasteiger partial charge on any atom is 0.416 e. The van der Waals surface area contributed by atoms with Gasteiger partial charge in [-0.15, -0.1) is 11.8 Å². The smallest absolute Gasteiger partial charge is 0.383 e. The van der Waals surface area contributed by atoms with E-state index in [1.165, 1.54) is 0 Å². The number of ether oxygens (including phenoxy) is 1. The molecule has 0 bridgehead atoms. The van der Waals surface area contributed by atoms with Gasteiger partial charge in [0.15, 0.2) is 17.1 Å². The standard InChI is InChI=1S/C41H40F5N3O3S/c1-27-22-30(14-15-34(27)41(44,45)46)29-12-10-28(11-13-29)24-48(32-16-18-47(19-17-32)20-21-52-2)38(51)25-49-36-9-4-3-7-33(36)37(50)23-39(49)53-26-31-6-5-8-35(42)40(31)43/h3-15,22-23,32H,16-21,24-26H2,1-2H3/i2D3,3D,4D,5D,6D,7D,8D,9D,10D,11D,12D,13D,14D,15D,22D,23D,25D2. The number of rotatable bonds is 12. The zero-order chi connectivity index (χ0) is 55.0. The van der Waals surface area contributed by atoms with E-state index in [1.54, 1.807) is 4.90 Å². The minimum absolute atomic E-state index is 0.0377. The Labute approximate surface area is 337 Å². The van der Waals surface area contributed by atoms with Crippen molar-refractivity contribution < 1.29 is 58.9 Å². The van der Waals surface area contributed by atoms with Gasteiger partial charge in [-0.3, -0.25) is 9.59 Å². The summed E-state index contributed by atoms with van der Waals surface area (Å²) in [6.07, 6.45) is -5.42. The number of fused-ring (bicyclic) bond motifs is 1. The molecule has 1 aliphatic heterocycles. The van der Waals surface area contributed by atoms with Crippen LogP contribution in [0.1, 0.15) is 62.5 Å². The van der Waals surface area contributed by atoms with Gasteiger partial charge in [0.25, 0.3) is 0 Å². The average Bonchev–Trinajstić information content (AvgIpc) is 3.31. The average molecular weight is 770 g/mol. The van der Waals surface area contributed by atoms with Gasteiger partial charge in [0.05, 0.1) is 50.1 Å². The van der Waals surface area contributed by atoms with Gasteiger partial charge in [-0.1, -0.05) is 60.4 Å². The van der Waals surface area contributed by atoms with Crippen molar-refractivity contribution in [3.05, 3.63) is 135 Å². The molecule has 12 heteroatoms. The first-order chi connectivity index (χ1) is 33.6. The number of pyridine rings is 1. The molecule has 1 fully saturated rings. The van der Waals surface area contributed by atoms with E-state index < -0.39 is 201 Å². The predicted octanol–water partition coefficient (Wildman–Crippen LogP) is 8.71. The number of likely N-dealkylation sites (tertiary alicyclic amines) is 1. The number of thioether (sulfide) groups is 1. The Bertz CT molecular complexity index is 3080. The Morgan fingerprint density at radius 3 is 2.47 bits per heavy atom. The molecule has 2 heterocycles. The van der Waals surface area contributed by atoms with Crippen LogP contribution in [0.4, 0.5) is 22.0 Å². The third-order valence-electron chi connectivity index (χ3n) is 8.25. The van der Waals surface area contributed by atoms with Crippen molar-refractivity contribution in [2.24, 2.45) is 0 Å². The molecule has 1 aliphatic rings. The van der Waals surface area contributed by atoms with Crippen molar-refractivity contribution in [3.8, 4) is 11.1 Å². The molecule has 0 atom stereocenters. The van der Waals surface area contributed by atoms with E-state index in [4.69, 9.17) is 29.4 Å². The molecule has 53 heavy (non-hydrogen) atoms. The van der Waals surface area contributed by atoms with Crippen molar-refractivity contribution in [1.29, 1.82) is 0 Å². The largest absolute Gasteiger partial charge is 0.416 e. The number of para-hydroxylation sites is 1. The SMILES string of the molecule is [2H]c1c([2H])c(F)c(F)c(CSc2c([2H])c(=O)c3c([2H])c([2H])c([2H])c([2H])c3n2C([2H])([2H])C(=O)N(Cc2c([2H])c([2H])c(-c3c([2H])c([2H])c(C(F)(F)F)c(C)c3[2H])c([2H])c2[2H])C2CCN(CCOC([2H])([2H])[2H])CC2)c1[2H]. The Morgan fingerprint density at radius 1 is 1.00 bits per heavy atom. The highest BCUT2D eigenvalue weighted by Crippen LogP contribution is 2.34. The number of carbonyl (C=O) groups is 1. The van der Waals surface area contributed by atoms with E-state index in [2.05, 4.69) is 0 Å². The second-order valence-electron chi connectivity index (χ2n) is 11.7. The monoisotopic (exact) mass is 769 g/mol. The number of amides is 1. The molecule has 4 aromatic carbocycles. The lowest BCUT2D eigenvalue weighted by Crippen LogP contribution is -2.48. The molecule has 6 nitrogen and oxygen atoms in total. The fourth-order valence-corrected chi connectivity index (χ4v) is 6.49. The van der Waals surface area contributed by atoms with E-state index in [0.29, 0.717) is 0 Å². The van der Waals surface area contributed by atoms with Crippen molar-refractivity contribution in [2.45, 2.75) is 55.8 Å². The fourth-order valence-electron chi connectivity index (χ4n) is 5.58. The first kappa shape index (κ1) is 20.2. The number of benzene rings is 4. The van der Waals surface area contributed by atoms with Crippen molar-refractivity contribution in [3.63, 3.8) is 0 Å². The summed E-state index contributed by atoms with van der Waals surface area (Å²) in [6, 6.07) is -18.0. The number of nitrogens with zero attached hydrogens (tertiary/aromatic N) is 3. The molecule has 5 aromatic rings. The number of halogens is 5. The van der Waals surface area contributed by atoms with Gasteiger partial charge in [-0.2, -0.15) is 13.2 Å². The Hall–Kier alpha value is -4.52. The molecule has 0 spiro atoms. The maximum absolute atomic E-state index is 15.4. The topological polar surface area (TPSA) is 54.8 Å². The molecule has 6 rings (SSSR count). The second-order valence-corrected chi connectivity index (χ2v) is 12.6. The highest BCUT2D eigenvalue weighted by molar-refractivity contribution is 7.98. The van der Waals surface area contributed by atoms with E-state index >= 15 is 9.18 Å². The van der Waals surface area contributed by atoms with Gasteiger partial charge in [0, 0.05) is 62.0 Å². The normalized spacial score (nSPS) is 20.0. The van der Waals surface area contributed by atoms with Gasteiger partial charge < -0.3 is 19.1 Å². The van der Waals surface area contributed by atoms with Gasteiger partial charge in [-0.05, 0) is 66.2 Å². The molecular weight excluding hydrogens is 710 g/mol. The Balaban J connectivity index is 1.58. The predicted molar refractivity (Wildman–Crippen MR) is 198 cm³/mol.